The average molecular weight is 502 g/mol. The van der Waals surface area contributed by atoms with Gasteiger partial charge in [0.05, 0.1) is 12.8 Å². The maximum absolute atomic E-state index is 13.7. The number of nitrogens with zero attached hydrogens (tertiary/aromatic N) is 3. The van der Waals surface area contributed by atoms with Gasteiger partial charge in [-0.1, -0.05) is 54.1 Å². The van der Waals surface area contributed by atoms with Crippen molar-refractivity contribution < 1.29 is 9.53 Å². The number of fused-ring (bicyclic) bond motifs is 1. The summed E-state index contributed by atoms with van der Waals surface area (Å²) in [5.41, 5.74) is 4.52. The van der Waals surface area contributed by atoms with Gasteiger partial charge in [-0.3, -0.25) is 4.79 Å². The normalized spacial score (nSPS) is 14.8. The van der Waals surface area contributed by atoms with E-state index < -0.39 is 0 Å². The van der Waals surface area contributed by atoms with Crippen molar-refractivity contribution in [1.29, 1.82) is 0 Å². The van der Waals surface area contributed by atoms with Gasteiger partial charge >= 0.3 is 0 Å². The Balaban J connectivity index is 1.39. The third-order valence-corrected chi connectivity index (χ3v) is 7.46. The number of hydrogen-bond donors (Lipinski definition) is 0. The van der Waals surface area contributed by atoms with Crippen molar-refractivity contribution in [1.82, 2.24) is 9.47 Å². The molecule has 5 rings (SSSR count). The fourth-order valence-corrected chi connectivity index (χ4v) is 5.54. The maximum atomic E-state index is 13.7. The number of methoxy groups -OCH3 is 1. The molecule has 186 valence electrons. The van der Waals surface area contributed by atoms with Gasteiger partial charge in [0.2, 0.25) is 5.91 Å². The zero-order valence-electron chi connectivity index (χ0n) is 20.9. The number of amides is 1. The Hall–Kier alpha value is -3.44. The van der Waals surface area contributed by atoms with E-state index in [0.29, 0.717) is 24.5 Å². The first-order valence-electron chi connectivity index (χ1n) is 12.6. The zero-order chi connectivity index (χ0) is 25.1. The minimum atomic E-state index is -0.0684. The molecule has 36 heavy (non-hydrogen) atoms. The molecule has 0 spiro atoms. The number of aryl methyl sites for hydroxylation is 1. The van der Waals surface area contributed by atoms with Crippen molar-refractivity contribution >= 4 is 34.1 Å². The second-order valence-corrected chi connectivity index (χ2v) is 9.68. The Labute approximate surface area is 217 Å². The van der Waals surface area contributed by atoms with Gasteiger partial charge in [-0.25, -0.2) is 0 Å². The molecule has 1 saturated heterocycles. The number of piperazine rings is 1. The number of aromatic nitrogens is 1. The molecule has 0 bridgehead atoms. The van der Waals surface area contributed by atoms with Crippen LogP contribution in [0.25, 0.3) is 10.9 Å². The largest absolute Gasteiger partial charge is 0.495 e. The predicted octanol–water partition coefficient (Wildman–Crippen LogP) is 6.19. The zero-order valence-corrected chi connectivity index (χ0v) is 21.6. The van der Waals surface area contributed by atoms with Gasteiger partial charge in [-0.05, 0) is 48.4 Å². The quantitative estimate of drug-likeness (QED) is 0.303. The lowest BCUT2D eigenvalue weighted by molar-refractivity contribution is -0.131. The number of anilines is 1. The van der Waals surface area contributed by atoms with E-state index >= 15 is 0 Å². The molecule has 0 radical (unpaired) electrons. The molecule has 1 aromatic heterocycles. The van der Waals surface area contributed by atoms with E-state index in [-0.39, 0.29) is 11.8 Å². The van der Waals surface area contributed by atoms with Crippen LogP contribution in [0.1, 0.15) is 30.4 Å². The minimum absolute atomic E-state index is 0.0684. The highest BCUT2D eigenvalue weighted by molar-refractivity contribution is 6.30. The summed E-state index contributed by atoms with van der Waals surface area (Å²) in [6, 6.07) is 24.4. The van der Waals surface area contributed by atoms with Crippen molar-refractivity contribution in [3.8, 4) is 5.75 Å². The van der Waals surface area contributed by atoms with Gasteiger partial charge in [0.15, 0.2) is 0 Å². The number of hydrogen-bond acceptors (Lipinski definition) is 3. The molecule has 1 atom stereocenters. The lowest BCUT2D eigenvalue weighted by Gasteiger charge is -2.37. The van der Waals surface area contributed by atoms with Crippen molar-refractivity contribution in [2.24, 2.45) is 0 Å². The fourth-order valence-electron chi connectivity index (χ4n) is 5.34. The van der Waals surface area contributed by atoms with Gasteiger partial charge < -0.3 is 19.1 Å². The molecule has 0 saturated carbocycles. The number of ether oxygens (including phenoxy) is 1. The number of carbonyl (C=O) groups is 1. The van der Waals surface area contributed by atoms with Crippen LogP contribution in [0, 0.1) is 0 Å². The first-order valence-corrected chi connectivity index (χ1v) is 13.0. The topological polar surface area (TPSA) is 37.7 Å². The maximum Gasteiger partial charge on any atom is 0.223 e. The van der Waals surface area contributed by atoms with E-state index in [1.807, 2.05) is 41.3 Å². The van der Waals surface area contributed by atoms with E-state index in [4.69, 9.17) is 16.3 Å². The van der Waals surface area contributed by atoms with Crippen molar-refractivity contribution in [3.63, 3.8) is 0 Å². The molecule has 3 aromatic carbocycles. The summed E-state index contributed by atoms with van der Waals surface area (Å²) in [6.45, 7) is 5.97. The Morgan fingerprint density at radius 1 is 0.972 bits per heavy atom. The molecular weight excluding hydrogens is 470 g/mol. The van der Waals surface area contributed by atoms with Gasteiger partial charge in [0, 0.05) is 67.2 Å². The summed E-state index contributed by atoms with van der Waals surface area (Å²) < 4.78 is 7.81. The lowest BCUT2D eigenvalue weighted by Crippen LogP contribution is -2.49. The van der Waals surface area contributed by atoms with E-state index in [1.54, 1.807) is 7.11 Å². The molecule has 1 aliphatic rings. The average Bonchev–Trinajstić information content (AvgIpc) is 3.30. The highest BCUT2D eigenvalue weighted by Gasteiger charge is 2.28. The number of benzene rings is 3. The van der Waals surface area contributed by atoms with Gasteiger partial charge in [-0.15, -0.1) is 0 Å². The molecule has 0 unspecified atom stereocenters. The van der Waals surface area contributed by atoms with E-state index in [2.05, 4.69) is 59.0 Å². The molecule has 6 heteroatoms. The highest BCUT2D eigenvalue weighted by Crippen LogP contribution is 2.36. The van der Waals surface area contributed by atoms with Gasteiger partial charge in [0.1, 0.15) is 5.75 Å². The van der Waals surface area contributed by atoms with Crippen LogP contribution >= 0.6 is 11.6 Å². The number of para-hydroxylation sites is 3. The Morgan fingerprint density at radius 2 is 1.72 bits per heavy atom. The molecule has 1 amide bonds. The smallest absolute Gasteiger partial charge is 0.223 e. The summed E-state index contributed by atoms with van der Waals surface area (Å²) in [4.78, 5) is 18.0. The second kappa shape index (κ2) is 10.7. The predicted molar refractivity (Wildman–Crippen MR) is 147 cm³/mol. The molecule has 0 N–H and O–H groups in total. The molecule has 1 aliphatic heterocycles. The molecule has 1 fully saturated rings. The van der Waals surface area contributed by atoms with Gasteiger partial charge in [-0.2, -0.15) is 0 Å². The molecule has 4 aromatic rings. The summed E-state index contributed by atoms with van der Waals surface area (Å²) in [5, 5.41) is 1.88. The summed E-state index contributed by atoms with van der Waals surface area (Å²) in [7, 11) is 1.70. The fraction of sp³-hybridized carbons (Fsp3) is 0.300. The van der Waals surface area contributed by atoms with Crippen LogP contribution < -0.4 is 9.64 Å². The Morgan fingerprint density at radius 3 is 2.47 bits per heavy atom. The van der Waals surface area contributed by atoms with Crippen molar-refractivity contribution in [3.05, 3.63) is 95.1 Å². The van der Waals surface area contributed by atoms with Crippen molar-refractivity contribution in [2.75, 3.05) is 38.2 Å². The SMILES string of the molecule is CCn1cc([C@H](CC(=O)N2CCN(c3ccccc3OC)CC2)c2cccc(Cl)c2)c2ccccc21. The lowest BCUT2D eigenvalue weighted by atomic mass is 9.87. The monoisotopic (exact) mass is 501 g/mol. The molecule has 0 aliphatic carbocycles. The Kier molecular flexibility index (Phi) is 7.19. The third-order valence-electron chi connectivity index (χ3n) is 7.22. The number of halogens is 1. The first kappa shape index (κ1) is 24.3. The van der Waals surface area contributed by atoms with E-state index in [1.165, 1.54) is 16.5 Å². The van der Waals surface area contributed by atoms with Crippen LogP contribution in [0.15, 0.2) is 79.0 Å². The van der Waals surface area contributed by atoms with Crippen LogP contribution in [0.4, 0.5) is 5.69 Å². The van der Waals surface area contributed by atoms with Crippen LogP contribution in [0.3, 0.4) is 0 Å². The van der Waals surface area contributed by atoms with Crippen LogP contribution in [-0.2, 0) is 11.3 Å². The standard InChI is InChI=1S/C30H32ClN3O2/c1-3-32-21-26(24-11-4-5-12-27(24)32)25(22-9-8-10-23(31)19-22)20-30(35)34-17-15-33(16-18-34)28-13-6-7-14-29(28)36-2/h4-14,19,21,25H,3,15-18,20H2,1-2H3/t25-/m1/s1. The van der Waals surface area contributed by atoms with E-state index in [0.717, 1.165) is 36.6 Å². The summed E-state index contributed by atoms with van der Waals surface area (Å²) >= 11 is 6.40. The first-order chi connectivity index (χ1) is 17.6. The Bertz CT molecular complexity index is 1360. The van der Waals surface area contributed by atoms with Crippen LogP contribution in [0.5, 0.6) is 5.75 Å². The van der Waals surface area contributed by atoms with Gasteiger partial charge in [0.25, 0.3) is 0 Å². The van der Waals surface area contributed by atoms with E-state index in [9.17, 15) is 4.79 Å². The molecular formula is C30H32ClN3O2. The minimum Gasteiger partial charge on any atom is -0.495 e. The third kappa shape index (κ3) is 4.80. The molecule has 2 heterocycles. The number of carbonyl (C=O) groups excluding carboxylic acids is 1. The molecule has 5 nitrogen and oxygen atoms in total. The van der Waals surface area contributed by atoms with Crippen LogP contribution in [0.2, 0.25) is 5.02 Å². The van der Waals surface area contributed by atoms with Crippen LogP contribution in [-0.4, -0.2) is 48.7 Å². The second-order valence-electron chi connectivity index (χ2n) is 9.24. The van der Waals surface area contributed by atoms with Crippen molar-refractivity contribution in [2.45, 2.75) is 25.8 Å². The number of rotatable bonds is 7. The summed E-state index contributed by atoms with van der Waals surface area (Å²) in [5.74, 6) is 0.972. The summed E-state index contributed by atoms with van der Waals surface area (Å²) in [6.07, 6.45) is 2.62. The highest BCUT2D eigenvalue weighted by atomic mass is 35.5.